The second-order valence-corrected chi connectivity index (χ2v) is 5.31. The van der Waals surface area contributed by atoms with Crippen LogP contribution in [0.3, 0.4) is 0 Å². The van der Waals surface area contributed by atoms with Crippen LogP contribution >= 0.6 is 11.6 Å². The summed E-state index contributed by atoms with van der Waals surface area (Å²) in [7, 11) is 0. The highest BCUT2D eigenvalue weighted by Crippen LogP contribution is 2.20. The second kappa shape index (κ2) is 7.34. The van der Waals surface area contributed by atoms with Crippen molar-refractivity contribution in [2.45, 2.75) is 6.92 Å². The number of benzene rings is 2. The van der Waals surface area contributed by atoms with Crippen molar-refractivity contribution in [1.29, 1.82) is 5.26 Å². The zero-order valence-electron chi connectivity index (χ0n) is 12.4. The van der Waals surface area contributed by atoms with Crippen molar-refractivity contribution in [1.82, 2.24) is 0 Å². The average Bonchev–Trinajstić information content (AvgIpc) is 2.51. The summed E-state index contributed by atoms with van der Waals surface area (Å²) in [6.45, 7) is 1.92. The van der Waals surface area contributed by atoms with Crippen molar-refractivity contribution in [3.63, 3.8) is 0 Å². The molecule has 0 bridgehead atoms. The Morgan fingerprint density at radius 1 is 1.30 bits per heavy atom. The number of anilines is 3. The number of rotatable bonds is 4. The number of hydrogen-bond donors (Lipinski definition) is 3. The standard InChI is InChI=1S/C17H15ClN4O/c1-11-5-6-15(20)16(7-11)21-10-12(9-19)17(23)22-14-4-2-3-13(18)8-14/h2-8,10,21H,20H2,1H3,(H,22,23)/b12-10-. The lowest BCUT2D eigenvalue weighted by atomic mass is 10.2. The number of nitriles is 1. The predicted molar refractivity (Wildman–Crippen MR) is 93.0 cm³/mol. The van der Waals surface area contributed by atoms with E-state index in [1.165, 1.54) is 6.20 Å². The number of nitrogen functional groups attached to an aromatic ring is 1. The van der Waals surface area contributed by atoms with Crippen LogP contribution in [0, 0.1) is 18.3 Å². The molecule has 0 saturated carbocycles. The minimum absolute atomic E-state index is 0.0779. The number of carbonyl (C=O) groups excluding carboxylic acids is 1. The van der Waals surface area contributed by atoms with Gasteiger partial charge in [0.2, 0.25) is 0 Å². The van der Waals surface area contributed by atoms with Gasteiger partial charge in [-0.1, -0.05) is 23.7 Å². The number of hydrogen-bond acceptors (Lipinski definition) is 4. The van der Waals surface area contributed by atoms with Crippen LogP contribution < -0.4 is 16.4 Å². The highest BCUT2D eigenvalue weighted by atomic mass is 35.5. The van der Waals surface area contributed by atoms with Crippen LogP contribution in [-0.2, 0) is 4.79 Å². The summed E-state index contributed by atoms with van der Waals surface area (Å²) < 4.78 is 0. The summed E-state index contributed by atoms with van der Waals surface area (Å²) in [4.78, 5) is 12.1. The Kier molecular flexibility index (Phi) is 5.23. The molecule has 0 radical (unpaired) electrons. The van der Waals surface area contributed by atoms with Crippen LogP contribution in [0.2, 0.25) is 5.02 Å². The van der Waals surface area contributed by atoms with Crippen LogP contribution in [0.5, 0.6) is 0 Å². The quantitative estimate of drug-likeness (QED) is 0.454. The van der Waals surface area contributed by atoms with Gasteiger partial charge in [-0.05, 0) is 42.8 Å². The molecule has 1 amide bonds. The third-order valence-electron chi connectivity index (χ3n) is 3.03. The number of nitrogens with one attached hydrogen (secondary N) is 2. The molecule has 6 heteroatoms. The largest absolute Gasteiger partial charge is 0.397 e. The van der Waals surface area contributed by atoms with Crippen LogP contribution in [0.15, 0.2) is 54.2 Å². The Balaban J connectivity index is 2.14. The van der Waals surface area contributed by atoms with E-state index in [-0.39, 0.29) is 5.57 Å². The smallest absolute Gasteiger partial charge is 0.267 e. The summed E-state index contributed by atoms with van der Waals surface area (Å²) in [5, 5.41) is 15.1. The monoisotopic (exact) mass is 326 g/mol. The van der Waals surface area contributed by atoms with Crippen molar-refractivity contribution in [2.75, 3.05) is 16.4 Å². The molecule has 2 rings (SSSR count). The summed E-state index contributed by atoms with van der Waals surface area (Å²) in [6.07, 6.45) is 1.32. The molecule has 116 valence electrons. The molecule has 0 aliphatic heterocycles. The summed E-state index contributed by atoms with van der Waals surface area (Å²) in [5.41, 5.74) is 8.45. The van der Waals surface area contributed by atoms with Crippen molar-refractivity contribution in [3.8, 4) is 6.07 Å². The molecular weight excluding hydrogens is 312 g/mol. The first-order valence-electron chi connectivity index (χ1n) is 6.79. The van der Waals surface area contributed by atoms with Gasteiger partial charge in [-0.15, -0.1) is 0 Å². The number of carbonyl (C=O) groups is 1. The number of nitrogens with two attached hydrogens (primary N) is 1. The van der Waals surface area contributed by atoms with Gasteiger partial charge in [-0.25, -0.2) is 0 Å². The molecule has 0 aromatic heterocycles. The molecule has 5 nitrogen and oxygen atoms in total. The van der Waals surface area contributed by atoms with E-state index in [0.29, 0.717) is 22.1 Å². The van der Waals surface area contributed by atoms with Crippen molar-refractivity contribution in [3.05, 3.63) is 64.8 Å². The third-order valence-corrected chi connectivity index (χ3v) is 3.26. The first-order valence-corrected chi connectivity index (χ1v) is 7.17. The Morgan fingerprint density at radius 3 is 2.78 bits per heavy atom. The maximum atomic E-state index is 12.1. The van der Waals surface area contributed by atoms with Crippen LogP contribution in [0.25, 0.3) is 0 Å². The topological polar surface area (TPSA) is 90.9 Å². The van der Waals surface area contributed by atoms with Gasteiger partial charge >= 0.3 is 0 Å². The lowest BCUT2D eigenvalue weighted by molar-refractivity contribution is -0.112. The molecule has 0 heterocycles. The van der Waals surface area contributed by atoms with Crippen molar-refractivity contribution >= 4 is 34.6 Å². The minimum atomic E-state index is -0.534. The number of amides is 1. The summed E-state index contributed by atoms with van der Waals surface area (Å²) in [5.74, 6) is -0.534. The first kappa shape index (κ1) is 16.4. The van der Waals surface area contributed by atoms with Gasteiger partial charge in [-0.3, -0.25) is 4.79 Å². The van der Waals surface area contributed by atoms with Gasteiger partial charge in [0.1, 0.15) is 11.6 Å². The maximum Gasteiger partial charge on any atom is 0.267 e. The number of halogens is 1. The van der Waals surface area contributed by atoms with Gasteiger partial charge in [0.05, 0.1) is 11.4 Å². The molecule has 0 saturated heterocycles. The molecule has 2 aromatic rings. The summed E-state index contributed by atoms with van der Waals surface area (Å²) >= 11 is 5.86. The molecule has 0 aliphatic rings. The molecule has 0 fully saturated rings. The number of aryl methyl sites for hydroxylation is 1. The first-order chi connectivity index (χ1) is 11.0. The zero-order chi connectivity index (χ0) is 16.8. The lowest BCUT2D eigenvalue weighted by Crippen LogP contribution is -2.14. The highest BCUT2D eigenvalue weighted by Gasteiger charge is 2.10. The van der Waals surface area contributed by atoms with E-state index in [1.54, 1.807) is 30.3 Å². The molecule has 4 N–H and O–H groups in total. The van der Waals surface area contributed by atoms with Gasteiger partial charge in [-0.2, -0.15) is 5.26 Å². The molecule has 23 heavy (non-hydrogen) atoms. The van der Waals surface area contributed by atoms with Crippen molar-refractivity contribution < 1.29 is 4.79 Å². The lowest BCUT2D eigenvalue weighted by Gasteiger charge is -2.08. The van der Waals surface area contributed by atoms with Gasteiger partial charge < -0.3 is 16.4 Å². The molecule has 0 spiro atoms. The van der Waals surface area contributed by atoms with E-state index < -0.39 is 5.91 Å². The number of nitrogens with zero attached hydrogens (tertiary/aromatic N) is 1. The van der Waals surface area contributed by atoms with Crippen molar-refractivity contribution in [2.24, 2.45) is 0 Å². The Labute approximate surface area is 139 Å². The Hall–Kier alpha value is -2.97. The second-order valence-electron chi connectivity index (χ2n) is 4.87. The predicted octanol–water partition coefficient (Wildman–Crippen LogP) is 3.69. The Bertz CT molecular complexity index is 808. The third kappa shape index (κ3) is 4.50. The van der Waals surface area contributed by atoms with Crippen LogP contribution in [-0.4, -0.2) is 5.91 Å². The Morgan fingerprint density at radius 2 is 2.09 bits per heavy atom. The SMILES string of the molecule is Cc1ccc(N)c(N/C=C(/C#N)C(=O)Nc2cccc(Cl)c2)c1. The molecule has 0 atom stereocenters. The zero-order valence-corrected chi connectivity index (χ0v) is 13.2. The van der Waals surface area contributed by atoms with E-state index in [0.717, 1.165) is 5.56 Å². The highest BCUT2D eigenvalue weighted by molar-refractivity contribution is 6.31. The van der Waals surface area contributed by atoms with Crippen LogP contribution in [0.1, 0.15) is 5.56 Å². The fourth-order valence-corrected chi connectivity index (χ4v) is 2.05. The minimum Gasteiger partial charge on any atom is -0.397 e. The van der Waals surface area contributed by atoms with E-state index >= 15 is 0 Å². The van der Waals surface area contributed by atoms with E-state index in [2.05, 4.69) is 10.6 Å². The van der Waals surface area contributed by atoms with E-state index in [1.807, 2.05) is 25.1 Å². The van der Waals surface area contributed by atoms with Gasteiger partial charge in [0.25, 0.3) is 5.91 Å². The van der Waals surface area contributed by atoms with E-state index in [9.17, 15) is 4.79 Å². The van der Waals surface area contributed by atoms with Gasteiger partial charge in [0.15, 0.2) is 0 Å². The van der Waals surface area contributed by atoms with E-state index in [4.69, 9.17) is 22.6 Å². The average molecular weight is 327 g/mol. The molecule has 0 aliphatic carbocycles. The fraction of sp³-hybridized carbons (Fsp3) is 0.0588. The van der Waals surface area contributed by atoms with Gasteiger partial charge in [0, 0.05) is 16.9 Å². The normalized spacial score (nSPS) is 10.7. The molecule has 0 unspecified atom stereocenters. The summed E-state index contributed by atoms with van der Waals surface area (Å²) in [6, 6.07) is 14.0. The fourth-order valence-electron chi connectivity index (χ4n) is 1.86. The maximum absolute atomic E-state index is 12.1. The molecular formula is C17H15ClN4O. The van der Waals surface area contributed by atoms with Crippen LogP contribution in [0.4, 0.5) is 17.1 Å². The molecule has 2 aromatic carbocycles.